The number of carbonyl (C=O) groups is 4. The van der Waals surface area contributed by atoms with Gasteiger partial charge >= 0.3 is 11.9 Å². The molecule has 4 aromatic carbocycles. The Morgan fingerprint density at radius 3 is 2.14 bits per heavy atom. The zero-order valence-electron chi connectivity index (χ0n) is 22.8. The van der Waals surface area contributed by atoms with Crippen LogP contribution in [0.1, 0.15) is 41.9 Å². The molecular weight excluding hydrogens is 596 g/mol. The zero-order valence-corrected chi connectivity index (χ0v) is 24.4. The maximum atomic E-state index is 13.6. The molecule has 0 aromatic heterocycles. The average molecular weight is 621 g/mol. The van der Waals surface area contributed by atoms with E-state index in [2.05, 4.69) is 10.6 Å². The Morgan fingerprint density at radius 2 is 1.49 bits per heavy atom. The molecule has 43 heavy (non-hydrogen) atoms. The predicted molar refractivity (Wildman–Crippen MR) is 163 cm³/mol. The number of hydrogen-bond acceptors (Lipinski definition) is 7. The topological polar surface area (TPSA) is 151 Å². The van der Waals surface area contributed by atoms with E-state index in [4.69, 9.17) is 21.1 Å². The summed E-state index contributed by atoms with van der Waals surface area (Å²) in [6.45, 7) is 0. The van der Waals surface area contributed by atoms with Crippen molar-refractivity contribution in [1.82, 2.24) is 0 Å². The van der Waals surface area contributed by atoms with Crippen molar-refractivity contribution in [3.8, 4) is 11.5 Å². The van der Waals surface area contributed by atoms with Gasteiger partial charge in [-0.15, -0.1) is 11.8 Å². The molecule has 4 N–H and O–H groups in total. The zero-order chi connectivity index (χ0) is 31.1. The highest BCUT2D eigenvalue weighted by atomic mass is 35.5. The summed E-state index contributed by atoms with van der Waals surface area (Å²) in [6, 6.07) is 22.1. The van der Waals surface area contributed by atoms with Gasteiger partial charge in [-0.05, 0) is 48.0 Å². The van der Waals surface area contributed by atoms with Gasteiger partial charge in [-0.1, -0.05) is 48.0 Å². The summed E-state index contributed by atoms with van der Waals surface area (Å²) >= 11 is 7.51. The standard InChI is InChI=1S/C31H25ClN2O8S/c1-41-25-16-26(42-2)24(15-23(25)32)34-29(36)27(17-7-4-3-5-8-17)43-20-10-6-9-19(14-20)33-28(35)21-12-11-18(30(37)38)13-22(21)31(39)40/h3-16,27H,1-2H3,(H,33,35)(H,34,36)(H,37,38)(H,39,40). The molecule has 1 atom stereocenters. The summed E-state index contributed by atoms with van der Waals surface area (Å²) in [5.41, 5.74) is 0.491. The molecule has 4 aromatic rings. The first-order chi connectivity index (χ1) is 20.6. The third-order valence-electron chi connectivity index (χ3n) is 6.16. The molecule has 0 saturated carbocycles. The summed E-state index contributed by atoms with van der Waals surface area (Å²) in [4.78, 5) is 50.2. The molecule has 0 fully saturated rings. The first kappa shape index (κ1) is 30.9. The lowest BCUT2D eigenvalue weighted by molar-refractivity contribution is -0.115. The van der Waals surface area contributed by atoms with Gasteiger partial charge in [0.2, 0.25) is 5.91 Å². The predicted octanol–water partition coefficient (Wildman–Crippen LogP) is 6.48. The lowest BCUT2D eigenvalue weighted by Crippen LogP contribution is -2.19. The lowest BCUT2D eigenvalue weighted by Gasteiger charge is -2.19. The molecule has 0 aliphatic heterocycles. The Labute approximate surface area is 255 Å². The van der Waals surface area contributed by atoms with Gasteiger partial charge in [0, 0.05) is 16.6 Å². The van der Waals surface area contributed by atoms with Gasteiger partial charge in [0.25, 0.3) is 5.91 Å². The summed E-state index contributed by atoms with van der Waals surface area (Å²) in [7, 11) is 2.93. The number of thioether (sulfide) groups is 1. The number of nitrogens with one attached hydrogen (secondary N) is 2. The van der Waals surface area contributed by atoms with Crippen LogP contribution in [0.5, 0.6) is 11.5 Å². The number of carbonyl (C=O) groups excluding carboxylic acids is 2. The summed E-state index contributed by atoms with van der Waals surface area (Å²) < 4.78 is 10.6. The third kappa shape index (κ3) is 7.45. The molecule has 2 amide bonds. The summed E-state index contributed by atoms with van der Waals surface area (Å²) in [6.07, 6.45) is 0. The quantitative estimate of drug-likeness (QED) is 0.138. The molecule has 12 heteroatoms. The first-order valence-corrected chi connectivity index (χ1v) is 13.8. The van der Waals surface area contributed by atoms with Crippen LogP contribution in [0.4, 0.5) is 11.4 Å². The molecule has 0 heterocycles. The molecule has 0 aliphatic rings. The second kappa shape index (κ2) is 13.8. The minimum Gasteiger partial charge on any atom is -0.495 e. The van der Waals surface area contributed by atoms with Crippen molar-refractivity contribution in [3.63, 3.8) is 0 Å². The number of anilines is 2. The van der Waals surface area contributed by atoms with Crippen molar-refractivity contribution in [1.29, 1.82) is 0 Å². The number of hydrogen-bond donors (Lipinski definition) is 4. The molecule has 0 saturated heterocycles. The number of methoxy groups -OCH3 is 2. The second-order valence-electron chi connectivity index (χ2n) is 8.94. The number of halogens is 1. The highest BCUT2D eigenvalue weighted by molar-refractivity contribution is 8.00. The van der Waals surface area contributed by atoms with Gasteiger partial charge in [0.05, 0.1) is 41.6 Å². The van der Waals surface area contributed by atoms with Crippen LogP contribution >= 0.6 is 23.4 Å². The van der Waals surface area contributed by atoms with Gasteiger partial charge in [-0.25, -0.2) is 9.59 Å². The van der Waals surface area contributed by atoms with Crippen LogP contribution in [0.3, 0.4) is 0 Å². The van der Waals surface area contributed by atoms with Crippen molar-refractivity contribution < 1.29 is 38.9 Å². The number of rotatable bonds is 11. The van der Waals surface area contributed by atoms with Gasteiger partial charge in [0.1, 0.15) is 16.7 Å². The number of aromatic carboxylic acids is 2. The van der Waals surface area contributed by atoms with E-state index < -0.39 is 28.7 Å². The Morgan fingerprint density at radius 1 is 0.767 bits per heavy atom. The van der Waals surface area contributed by atoms with Crippen molar-refractivity contribution in [3.05, 3.63) is 112 Å². The minimum absolute atomic E-state index is 0.204. The highest BCUT2D eigenvalue weighted by Gasteiger charge is 2.25. The molecule has 0 bridgehead atoms. The van der Waals surface area contributed by atoms with Gasteiger partial charge in [-0.2, -0.15) is 0 Å². The highest BCUT2D eigenvalue weighted by Crippen LogP contribution is 2.40. The summed E-state index contributed by atoms with van der Waals surface area (Å²) in [5.74, 6) is -3.12. The van der Waals surface area contributed by atoms with Gasteiger partial charge < -0.3 is 30.3 Å². The molecule has 0 spiro atoms. The normalized spacial score (nSPS) is 11.2. The third-order valence-corrected chi connectivity index (χ3v) is 7.70. The van der Waals surface area contributed by atoms with Crippen LogP contribution in [-0.4, -0.2) is 48.2 Å². The van der Waals surface area contributed by atoms with Crippen molar-refractivity contribution >= 4 is 58.5 Å². The lowest BCUT2D eigenvalue weighted by atomic mass is 10.0. The fraction of sp³-hybridized carbons (Fsp3) is 0.0968. The van der Waals surface area contributed by atoms with Crippen LogP contribution in [0.25, 0.3) is 0 Å². The van der Waals surface area contributed by atoms with Gasteiger partial charge in [0.15, 0.2) is 0 Å². The van der Waals surface area contributed by atoms with Crippen LogP contribution in [0.15, 0.2) is 89.8 Å². The van der Waals surface area contributed by atoms with E-state index in [1.807, 2.05) is 30.3 Å². The molecular formula is C31H25ClN2O8S. The van der Waals surface area contributed by atoms with E-state index >= 15 is 0 Å². The Kier molecular flexibility index (Phi) is 9.91. The van der Waals surface area contributed by atoms with E-state index in [1.165, 1.54) is 32.0 Å². The second-order valence-corrected chi connectivity index (χ2v) is 10.5. The van der Waals surface area contributed by atoms with Crippen LogP contribution in [0, 0.1) is 0 Å². The van der Waals surface area contributed by atoms with Gasteiger partial charge in [-0.3, -0.25) is 9.59 Å². The number of amides is 2. The molecule has 10 nitrogen and oxygen atoms in total. The van der Waals surface area contributed by atoms with Crippen molar-refractivity contribution in [2.75, 3.05) is 24.9 Å². The number of ether oxygens (including phenoxy) is 2. The Balaban J connectivity index is 1.60. The Hall–Kier alpha value is -5.00. The molecule has 0 aliphatic carbocycles. The average Bonchev–Trinajstić information content (AvgIpc) is 3.00. The Bertz CT molecular complexity index is 1700. The maximum Gasteiger partial charge on any atom is 0.336 e. The molecule has 4 rings (SSSR count). The van der Waals surface area contributed by atoms with E-state index in [-0.39, 0.29) is 22.1 Å². The minimum atomic E-state index is -1.44. The van der Waals surface area contributed by atoms with E-state index in [0.29, 0.717) is 33.3 Å². The fourth-order valence-electron chi connectivity index (χ4n) is 4.09. The SMILES string of the molecule is COc1cc(OC)c(NC(=O)C(Sc2cccc(NC(=O)c3ccc(C(=O)O)cc3C(=O)O)c2)c2ccccc2)cc1Cl. The van der Waals surface area contributed by atoms with Crippen molar-refractivity contribution in [2.45, 2.75) is 10.1 Å². The van der Waals surface area contributed by atoms with E-state index in [0.717, 1.165) is 18.2 Å². The molecule has 220 valence electrons. The summed E-state index contributed by atoms with van der Waals surface area (Å²) in [5, 5.41) is 23.8. The molecule has 1 unspecified atom stereocenters. The van der Waals surface area contributed by atoms with Crippen LogP contribution < -0.4 is 20.1 Å². The first-order valence-electron chi connectivity index (χ1n) is 12.6. The monoisotopic (exact) mass is 620 g/mol. The van der Waals surface area contributed by atoms with E-state index in [9.17, 15) is 29.4 Å². The van der Waals surface area contributed by atoms with Crippen molar-refractivity contribution in [2.24, 2.45) is 0 Å². The fourth-order valence-corrected chi connectivity index (χ4v) is 5.41. The largest absolute Gasteiger partial charge is 0.495 e. The number of carboxylic acids is 2. The van der Waals surface area contributed by atoms with Crippen LogP contribution in [-0.2, 0) is 4.79 Å². The van der Waals surface area contributed by atoms with E-state index in [1.54, 1.807) is 30.3 Å². The van der Waals surface area contributed by atoms with Crippen LogP contribution in [0.2, 0.25) is 5.02 Å². The molecule has 0 radical (unpaired) electrons. The number of carboxylic acid groups (broad SMARTS) is 2. The maximum absolute atomic E-state index is 13.6. The number of benzene rings is 4. The smallest absolute Gasteiger partial charge is 0.336 e.